The Morgan fingerprint density at radius 3 is 2.31 bits per heavy atom. The molecule has 1 aromatic rings. The van der Waals surface area contributed by atoms with Crippen LogP contribution in [0.3, 0.4) is 0 Å². The Morgan fingerprint density at radius 2 is 1.81 bits per heavy atom. The molecule has 0 amide bonds. The molecule has 0 aliphatic heterocycles. The quantitative estimate of drug-likeness (QED) is 0.612. The second-order valence-corrected chi connectivity index (χ2v) is 4.96. The molecule has 0 aliphatic rings. The number of benzene rings is 1. The van der Waals surface area contributed by atoms with Crippen LogP contribution in [0.15, 0.2) is 35.3 Å². The average Bonchev–Trinajstić information content (AvgIpc) is 2.17. The largest absolute Gasteiger partial charge is 0.369 e. The fourth-order valence-electron chi connectivity index (χ4n) is 1.55. The van der Waals surface area contributed by atoms with E-state index in [2.05, 4.69) is 62.3 Å². The van der Waals surface area contributed by atoms with E-state index in [4.69, 9.17) is 0 Å². The van der Waals surface area contributed by atoms with Crippen LogP contribution in [-0.2, 0) is 6.42 Å². The van der Waals surface area contributed by atoms with Crippen molar-refractivity contribution in [2.45, 2.75) is 39.7 Å². The average molecular weight is 218 g/mol. The minimum absolute atomic E-state index is 0.0722. The second kappa shape index (κ2) is 5.69. The van der Waals surface area contributed by atoms with Crippen molar-refractivity contribution < 1.29 is 0 Å². The van der Waals surface area contributed by atoms with E-state index in [9.17, 15) is 0 Å². The third kappa shape index (κ3) is 4.96. The van der Waals surface area contributed by atoms with E-state index in [1.54, 1.807) is 0 Å². The summed E-state index contributed by atoms with van der Waals surface area (Å²) in [5.74, 6) is 1.07. The van der Waals surface area contributed by atoms with E-state index in [1.807, 2.05) is 6.07 Å². The van der Waals surface area contributed by atoms with Gasteiger partial charge in [0.05, 0.1) is 0 Å². The van der Waals surface area contributed by atoms with E-state index in [-0.39, 0.29) is 5.54 Å². The lowest BCUT2D eigenvalue weighted by atomic mass is 10.1. The van der Waals surface area contributed by atoms with Crippen molar-refractivity contribution in [2.24, 2.45) is 4.99 Å². The number of rotatable bonds is 3. The van der Waals surface area contributed by atoms with Gasteiger partial charge < -0.3 is 5.32 Å². The van der Waals surface area contributed by atoms with Crippen LogP contribution >= 0.6 is 0 Å². The van der Waals surface area contributed by atoms with Gasteiger partial charge >= 0.3 is 0 Å². The van der Waals surface area contributed by atoms with Gasteiger partial charge in [0.25, 0.3) is 0 Å². The summed E-state index contributed by atoms with van der Waals surface area (Å²) in [6.45, 7) is 9.36. The molecule has 0 unspecified atom stereocenters. The molecule has 1 aromatic carbocycles. The first kappa shape index (κ1) is 12.8. The highest BCUT2D eigenvalue weighted by Crippen LogP contribution is 2.04. The third-order valence-corrected chi connectivity index (χ3v) is 2.08. The normalized spacial score (nSPS) is 12.6. The molecular weight excluding hydrogens is 196 g/mol. The molecular formula is C14H22N2. The number of hydrogen-bond acceptors (Lipinski definition) is 1. The van der Waals surface area contributed by atoms with E-state index in [1.165, 1.54) is 5.56 Å². The Kier molecular flexibility index (Phi) is 4.53. The molecule has 0 saturated heterocycles. The summed E-state index contributed by atoms with van der Waals surface area (Å²) in [6.07, 6.45) is 0.881. The Bertz CT molecular complexity index is 334. The molecule has 2 nitrogen and oxygen atoms in total. The minimum Gasteiger partial charge on any atom is -0.369 e. The topological polar surface area (TPSA) is 24.4 Å². The molecule has 0 heterocycles. The van der Waals surface area contributed by atoms with Gasteiger partial charge in [-0.15, -0.1) is 0 Å². The Morgan fingerprint density at radius 1 is 1.19 bits per heavy atom. The van der Waals surface area contributed by atoms with Gasteiger partial charge in [-0.3, -0.25) is 4.99 Å². The van der Waals surface area contributed by atoms with Gasteiger partial charge in [0.1, 0.15) is 5.84 Å². The minimum atomic E-state index is 0.0722. The molecule has 0 spiro atoms. The third-order valence-electron chi connectivity index (χ3n) is 2.08. The molecule has 0 bridgehead atoms. The molecule has 88 valence electrons. The van der Waals surface area contributed by atoms with Gasteiger partial charge in [-0.25, -0.2) is 0 Å². The zero-order chi connectivity index (χ0) is 12.0. The highest BCUT2D eigenvalue weighted by molar-refractivity contribution is 5.85. The van der Waals surface area contributed by atoms with E-state index < -0.39 is 0 Å². The SMILES string of the molecule is CCN=C(Cc1ccccc1)NC(C)(C)C. The first-order valence-corrected chi connectivity index (χ1v) is 5.86. The van der Waals surface area contributed by atoms with Crippen LogP contribution in [0.5, 0.6) is 0 Å². The van der Waals surface area contributed by atoms with Crippen LogP contribution in [0.4, 0.5) is 0 Å². The first-order valence-electron chi connectivity index (χ1n) is 5.86. The second-order valence-electron chi connectivity index (χ2n) is 4.96. The fourth-order valence-corrected chi connectivity index (χ4v) is 1.55. The standard InChI is InChI=1S/C14H22N2/c1-5-15-13(16-14(2,3)4)11-12-9-7-6-8-10-12/h6-10H,5,11H2,1-4H3,(H,15,16). The van der Waals surface area contributed by atoms with Crippen molar-refractivity contribution in [1.82, 2.24) is 5.32 Å². The highest BCUT2D eigenvalue weighted by Gasteiger charge is 2.12. The molecule has 2 heteroatoms. The maximum atomic E-state index is 4.51. The lowest BCUT2D eigenvalue weighted by molar-refractivity contribution is 0.507. The number of aliphatic imine (C=N–C) groups is 1. The summed E-state index contributed by atoms with van der Waals surface area (Å²) in [5, 5.41) is 3.46. The van der Waals surface area contributed by atoms with Crippen molar-refractivity contribution >= 4 is 5.84 Å². The summed E-state index contributed by atoms with van der Waals surface area (Å²) < 4.78 is 0. The van der Waals surface area contributed by atoms with Crippen molar-refractivity contribution in [3.05, 3.63) is 35.9 Å². The van der Waals surface area contributed by atoms with Crippen LogP contribution in [-0.4, -0.2) is 17.9 Å². The van der Waals surface area contributed by atoms with Gasteiger partial charge in [-0.2, -0.15) is 0 Å². The maximum absolute atomic E-state index is 4.51. The van der Waals surface area contributed by atoms with Gasteiger partial charge in [-0.1, -0.05) is 30.3 Å². The lowest BCUT2D eigenvalue weighted by Gasteiger charge is -2.23. The number of hydrogen-bond donors (Lipinski definition) is 1. The van der Waals surface area contributed by atoms with Gasteiger partial charge in [-0.05, 0) is 33.3 Å². The predicted molar refractivity (Wildman–Crippen MR) is 71.0 cm³/mol. The number of amidine groups is 1. The lowest BCUT2D eigenvalue weighted by Crippen LogP contribution is -2.41. The Labute approximate surface area is 98.8 Å². The van der Waals surface area contributed by atoms with Gasteiger partial charge in [0.15, 0.2) is 0 Å². The molecule has 0 atom stereocenters. The van der Waals surface area contributed by atoms with Crippen molar-refractivity contribution in [3.63, 3.8) is 0 Å². The van der Waals surface area contributed by atoms with Gasteiger partial charge in [0.2, 0.25) is 0 Å². The predicted octanol–water partition coefficient (Wildman–Crippen LogP) is 3.04. The smallest absolute Gasteiger partial charge is 0.101 e. The number of nitrogens with one attached hydrogen (secondary N) is 1. The monoisotopic (exact) mass is 218 g/mol. The first-order chi connectivity index (χ1) is 7.51. The zero-order valence-corrected chi connectivity index (χ0v) is 10.7. The molecule has 16 heavy (non-hydrogen) atoms. The molecule has 0 saturated carbocycles. The van der Waals surface area contributed by atoms with E-state index in [0.29, 0.717) is 0 Å². The van der Waals surface area contributed by atoms with Crippen LogP contribution in [0.2, 0.25) is 0 Å². The summed E-state index contributed by atoms with van der Waals surface area (Å²) in [7, 11) is 0. The number of nitrogens with zero attached hydrogens (tertiary/aromatic N) is 1. The molecule has 1 N–H and O–H groups in total. The molecule has 0 fully saturated rings. The van der Waals surface area contributed by atoms with Crippen LogP contribution in [0, 0.1) is 0 Å². The summed E-state index contributed by atoms with van der Waals surface area (Å²) in [5.41, 5.74) is 1.37. The molecule has 1 rings (SSSR count). The van der Waals surface area contributed by atoms with Crippen LogP contribution in [0.1, 0.15) is 33.3 Å². The highest BCUT2D eigenvalue weighted by atomic mass is 15.0. The maximum Gasteiger partial charge on any atom is 0.101 e. The fraction of sp³-hybridized carbons (Fsp3) is 0.500. The molecule has 0 aliphatic carbocycles. The Hall–Kier alpha value is -1.31. The molecule has 0 radical (unpaired) electrons. The molecule has 0 aromatic heterocycles. The van der Waals surface area contributed by atoms with E-state index in [0.717, 1.165) is 18.8 Å². The van der Waals surface area contributed by atoms with Crippen molar-refractivity contribution in [3.8, 4) is 0 Å². The zero-order valence-electron chi connectivity index (χ0n) is 10.7. The van der Waals surface area contributed by atoms with Crippen molar-refractivity contribution in [2.75, 3.05) is 6.54 Å². The van der Waals surface area contributed by atoms with Gasteiger partial charge in [0, 0.05) is 18.5 Å². The summed E-state index contributed by atoms with van der Waals surface area (Å²) in [4.78, 5) is 4.51. The summed E-state index contributed by atoms with van der Waals surface area (Å²) in [6, 6.07) is 10.4. The van der Waals surface area contributed by atoms with Crippen molar-refractivity contribution in [1.29, 1.82) is 0 Å². The Balaban J connectivity index is 2.70. The van der Waals surface area contributed by atoms with Crippen LogP contribution < -0.4 is 5.32 Å². The summed E-state index contributed by atoms with van der Waals surface area (Å²) >= 11 is 0. The van der Waals surface area contributed by atoms with Crippen LogP contribution in [0.25, 0.3) is 0 Å². The van der Waals surface area contributed by atoms with E-state index >= 15 is 0 Å².